The number of benzene rings is 1. The van der Waals surface area contributed by atoms with Crippen LogP contribution < -0.4 is 0 Å². The van der Waals surface area contributed by atoms with E-state index in [4.69, 9.17) is 0 Å². The highest BCUT2D eigenvalue weighted by Gasteiger charge is 2.39. The molecule has 0 spiro atoms. The quantitative estimate of drug-likeness (QED) is 0.827. The van der Waals surface area contributed by atoms with Crippen LogP contribution in [-0.2, 0) is 9.59 Å². The van der Waals surface area contributed by atoms with Crippen LogP contribution in [-0.4, -0.2) is 39.1 Å². The molecular weight excluding hydrogens is 354 g/mol. The molecule has 4 nitrogen and oxygen atoms in total. The molecule has 0 aromatic heterocycles. The molecule has 1 heterocycles. The molecule has 1 aromatic rings. The van der Waals surface area contributed by atoms with Crippen molar-refractivity contribution in [3.63, 3.8) is 0 Å². The zero-order chi connectivity index (χ0) is 15.4. The van der Waals surface area contributed by atoms with E-state index in [-0.39, 0.29) is 11.3 Å². The second-order valence-corrected chi connectivity index (χ2v) is 6.81. The second kappa shape index (κ2) is 7.13. The Balaban J connectivity index is 2.13. The molecule has 0 saturated carbocycles. The molecule has 2 rings (SSSR count). The number of carboxylic acid groups (broad SMARTS) is 1. The van der Waals surface area contributed by atoms with Crippen molar-refractivity contribution in [3.8, 4) is 0 Å². The van der Waals surface area contributed by atoms with Crippen LogP contribution in [0, 0.1) is 0 Å². The van der Waals surface area contributed by atoms with Gasteiger partial charge >= 0.3 is 5.97 Å². The summed E-state index contributed by atoms with van der Waals surface area (Å²) in [5.41, 5.74) is 0.901. The van der Waals surface area contributed by atoms with Gasteiger partial charge in [0, 0.05) is 16.3 Å². The Kier molecular flexibility index (Phi) is 5.47. The number of thioether (sulfide) groups is 1. The standard InChI is InChI=1S/C15H16BrNO3S/c1-2-14-17(12(9-21-14)15(19)20)13(18)8-5-10-3-6-11(16)7-4-10/h3-8,12,14H,2,9H2,1H3,(H,19,20). The van der Waals surface area contributed by atoms with Crippen molar-refractivity contribution >= 4 is 45.6 Å². The van der Waals surface area contributed by atoms with Gasteiger partial charge in [-0.05, 0) is 30.2 Å². The molecule has 1 aliphatic rings. The maximum atomic E-state index is 12.3. The van der Waals surface area contributed by atoms with Gasteiger partial charge in [-0.2, -0.15) is 0 Å². The summed E-state index contributed by atoms with van der Waals surface area (Å²) >= 11 is 4.88. The summed E-state index contributed by atoms with van der Waals surface area (Å²) in [7, 11) is 0. The fourth-order valence-corrected chi connectivity index (χ4v) is 3.81. The van der Waals surface area contributed by atoms with Gasteiger partial charge in [0.1, 0.15) is 6.04 Å². The summed E-state index contributed by atoms with van der Waals surface area (Å²) in [6.07, 6.45) is 3.91. The predicted octanol–water partition coefficient (Wildman–Crippen LogP) is 3.23. The van der Waals surface area contributed by atoms with Gasteiger partial charge in [-0.3, -0.25) is 4.79 Å². The number of carbonyl (C=O) groups excluding carboxylic acids is 1. The second-order valence-electron chi connectivity index (χ2n) is 4.68. The Morgan fingerprint density at radius 3 is 2.67 bits per heavy atom. The number of hydrogen-bond donors (Lipinski definition) is 1. The van der Waals surface area contributed by atoms with Crippen LogP contribution in [0.3, 0.4) is 0 Å². The Hall–Kier alpha value is -1.27. The van der Waals surface area contributed by atoms with E-state index >= 15 is 0 Å². The summed E-state index contributed by atoms with van der Waals surface area (Å²) in [5.74, 6) is -0.739. The molecule has 1 fully saturated rings. The maximum absolute atomic E-state index is 12.3. The number of carbonyl (C=O) groups is 2. The summed E-state index contributed by atoms with van der Waals surface area (Å²) in [6, 6.07) is 6.83. The van der Waals surface area contributed by atoms with Gasteiger partial charge in [0.15, 0.2) is 0 Å². The Morgan fingerprint density at radius 2 is 2.10 bits per heavy atom. The summed E-state index contributed by atoms with van der Waals surface area (Å²) in [5, 5.41) is 9.16. The molecule has 1 aliphatic heterocycles. The average Bonchev–Trinajstić information content (AvgIpc) is 2.90. The molecule has 1 amide bonds. The van der Waals surface area contributed by atoms with Crippen molar-refractivity contribution in [3.05, 3.63) is 40.4 Å². The van der Waals surface area contributed by atoms with Crippen molar-refractivity contribution in [1.29, 1.82) is 0 Å². The summed E-state index contributed by atoms with van der Waals surface area (Å²) < 4.78 is 0.971. The molecule has 1 saturated heterocycles. The normalized spacial score (nSPS) is 21.9. The highest BCUT2D eigenvalue weighted by atomic mass is 79.9. The number of aliphatic carboxylic acids is 1. The van der Waals surface area contributed by atoms with Gasteiger partial charge < -0.3 is 10.0 Å². The third kappa shape index (κ3) is 3.89. The fraction of sp³-hybridized carbons (Fsp3) is 0.333. The van der Waals surface area contributed by atoms with Gasteiger partial charge in [-0.25, -0.2) is 4.79 Å². The Labute approximate surface area is 136 Å². The lowest BCUT2D eigenvalue weighted by atomic mass is 10.2. The Morgan fingerprint density at radius 1 is 1.43 bits per heavy atom. The van der Waals surface area contributed by atoms with E-state index in [1.165, 1.54) is 22.7 Å². The first-order chi connectivity index (χ1) is 10.0. The molecular formula is C15H16BrNO3S. The SMILES string of the molecule is CCC1SCC(C(=O)O)N1C(=O)C=Cc1ccc(Br)cc1. The fourth-order valence-electron chi connectivity index (χ4n) is 2.19. The van der Waals surface area contributed by atoms with Crippen LogP contribution in [0.1, 0.15) is 18.9 Å². The number of rotatable bonds is 4. The minimum atomic E-state index is -0.941. The van der Waals surface area contributed by atoms with Crippen molar-refractivity contribution in [2.24, 2.45) is 0 Å². The summed E-state index contributed by atoms with van der Waals surface area (Å²) in [6.45, 7) is 1.96. The van der Waals surface area contributed by atoms with Gasteiger partial charge in [-0.1, -0.05) is 35.0 Å². The molecule has 2 atom stereocenters. The van der Waals surface area contributed by atoms with E-state index in [1.54, 1.807) is 6.08 Å². The van der Waals surface area contributed by atoms with E-state index < -0.39 is 12.0 Å². The molecule has 0 aliphatic carbocycles. The number of hydrogen-bond acceptors (Lipinski definition) is 3. The third-order valence-corrected chi connectivity index (χ3v) is 5.25. The van der Waals surface area contributed by atoms with Gasteiger partial charge in [0.05, 0.1) is 5.37 Å². The number of carboxylic acids is 1. The molecule has 112 valence electrons. The van der Waals surface area contributed by atoms with Gasteiger partial charge in [0.2, 0.25) is 5.91 Å². The van der Waals surface area contributed by atoms with E-state index in [0.717, 1.165) is 16.5 Å². The van der Waals surface area contributed by atoms with Gasteiger partial charge in [0.25, 0.3) is 0 Å². The molecule has 1 N–H and O–H groups in total. The number of halogens is 1. The van der Waals surface area contributed by atoms with Crippen LogP contribution in [0.2, 0.25) is 0 Å². The molecule has 6 heteroatoms. The van der Waals surface area contributed by atoms with E-state index in [1.807, 2.05) is 31.2 Å². The molecule has 2 unspecified atom stereocenters. The first kappa shape index (κ1) is 16.1. The van der Waals surface area contributed by atoms with Crippen molar-refractivity contribution in [1.82, 2.24) is 4.90 Å². The van der Waals surface area contributed by atoms with Crippen molar-refractivity contribution in [2.75, 3.05) is 5.75 Å². The number of nitrogens with zero attached hydrogens (tertiary/aromatic N) is 1. The maximum Gasteiger partial charge on any atom is 0.327 e. The molecule has 0 bridgehead atoms. The smallest absolute Gasteiger partial charge is 0.327 e. The third-order valence-electron chi connectivity index (χ3n) is 3.27. The lowest BCUT2D eigenvalue weighted by Gasteiger charge is -2.25. The zero-order valence-electron chi connectivity index (χ0n) is 11.5. The topological polar surface area (TPSA) is 57.6 Å². The monoisotopic (exact) mass is 369 g/mol. The van der Waals surface area contributed by atoms with Crippen LogP contribution in [0.15, 0.2) is 34.8 Å². The van der Waals surface area contributed by atoms with Crippen LogP contribution in [0.5, 0.6) is 0 Å². The first-order valence-electron chi connectivity index (χ1n) is 6.63. The van der Waals surface area contributed by atoms with Gasteiger partial charge in [-0.15, -0.1) is 11.8 Å². The average molecular weight is 370 g/mol. The largest absolute Gasteiger partial charge is 0.480 e. The lowest BCUT2D eigenvalue weighted by Crippen LogP contribution is -2.44. The van der Waals surface area contributed by atoms with Crippen LogP contribution in [0.25, 0.3) is 6.08 Å². The highest BCUT2D eigenvalue weighted by Crippen LogP contribution is 2.31. The number of amides is 1. The molecule has 0 radical (unpaired) electrons. The predicted molar refractivity (Wildman–Crippen MR) is 88.0 cm³/mol. The lowest BCUT2D eigenvalue weighted by molar-refractivity contribution is -0.147. The highest BCUT2D eigenvalue weighted by molar-refractivity contribution is 9.10. The van der Waals surface area contributed by atoms with Crippen LogP contribution in [0.4, 0.5) is 0 Å². The van der Waals surface area contributed by atoms with E-state index in [0.29, 0.717) is 5.75 Å². The minimum Gasteiger partial charge on any atom is -0.480 e. The zero-order valence-corrected chi connectivity index (χ0v) is 13.9. The summed E-state index contributed by atoms with van der Waals surface area (Å²) in [4.78, 5) is 25.1. The molecule has 1 aromatic carbocycles. The van der Waals surface area contributed by atoms with E-state index in [2.05, 4.69) is 15.9 Å². The van der Waals surface area contributed by atoms with Crippen molar-refractivity contribution in [2.45, 2.75) is 24.8 Å². The van der Waals surface area contributed by atoms with Crippen LogP contribution >= 0.6 is 27.7 Å². The first-order valence-corrected chi connectivity index (χ1v) is 8.47. The van der Waals surface area contributed by atoms with Crippen molar-refractivity contribution < 1.29 is 14.7 Å². The van der Waals surface area contributed by atoms with E-state index in [9.17, 15) is 14.7 Å². The molecule has 21 heavy (non-hydrogen) atoms. The Bertz CT molecular complexity index is 559. The minimum absolute atomic E-state index is 0.0619.